The molecule has 0 aromatic heterocycles. The third-order valence-electron chi connectivity index (χ3n) is 4.11. The maximum atomic E-state index is 12.9. The highest BCUT2D eigenvalue weighted by Crippen LogP contribution is 2.18. The van der Waals surface area contributed by atoms with Gasteiger partial charge in [0.2, 0.25) is 11.8 Å². The van der Waals surface area contributed by atoms with Crippen LogP contribution in [0.2, 0.25) is 0 Å². The van der Waals surface area contributed by atoms with Crippen molar-refractivity contribution >= 4 is 29.3 Å². The number of carbonyl (C=O) groups excluding carboxylic acids is 2. The molecule has 0 radical (unpaired) electrons. The summed E-state index contributed by atoms with van der Waals surface area (Å²) in [6, 6.07) is 17.5. The molecule has 2 rings (SSSR count). The molecule has 1 N–H and O–H groups in total. The van der Waals surface area contributed by atoms with E-state index in [-0.39, 0.29) is 36.9 Å². The Labute approximate surface area is 174 Å². The molecule has 2 amide bonds. The Morgan fingerprint density at radius 1 is 1.07 bits per heavy atom. The number of para-hydroxylation sites is 1. The highest BCUT2D eigenvalue weighted by atomic mass is 32.2. The van der Waals surface area contributed by atoms with Crippen LogP contribution in [-0.2, 0) is 9.59 Å². The summed E-state index contributed by atoms with van der Waals surface area (Å²) in [6.45, 7) is 0.833. The number of nitrogens with zero attached hydrogens (tertiary/aromatic N) is 2. The van der Waals surface area contributed by atoms with Crippen LogP contribution in [0.1, 0.15) is 25.7 Å². The number of nitrogens with one attached hydrogen (secondary N) is 1. The van der Waals surface area contributed by atoms with E-state index >= 15 is 0 Å². The van der Waals surface area contributed by atoms with Gasteiger partial charge in [-0.2, -0.15) is 5.26 Å². The zero-order valence-electron chi connectivity index (χ0n) is 16.1. The molecule has 0 heterocycles. The van der Waals surface area contributed by atoms with Crippen LogP contribution in [0.3, 0.4) is 0 Å². The molecule has 152 valence electrons. The standard InChI is InChI=1S/C22H24FN3O2S/c23-18-8-10-20(11-9-18)29-17-5-15-25-21(27)12-13-22(28)26(16-4-14-24)19-6-2-1-3-7-19/h1-3,6-11H,4-5,12-13,15-17H2,(H,25,27). The molecular formula is C22H24FN3O2S. The van der Waals surface area contributed by atoms with Crippen LogP contribution >= 0.6 is 11.8 Å². The lowest BCUT2D eigenvalue weighted by molar-refractivity contribution is -0.125. The van der Waals surface area contributed by atoms with Crippen LogP contribution in [-0.4, -0.2) is 30.7 Å². The van der Waals surface area contributed by atoms with E-state index in [1.54, 1.807) is 28.8 Å². The molecule has 0 fully saturated rings. The predicted molar refractivity (Wildman–Crippen MR) is 113 cm³/mol. The molecule has 0 aliphatic heterocycles. The molecule has 0 saturated carbocycles. The van der Waals surface area contributed by atoms with Crippen LogP contribution in [0, 0.1) is 17.1 Å². The number of hydrogen-bond acceptors (Lipinski definition) is 4. The minimum absolute atomic E-state index is 0.0937. The zero-order valence-corrected chi connectivity index (χ0v) is 17.0. The highest BCUT2D eigenvalue weighted by molar-refractivity contribution is 7.99. The number of halogens is 1. The van der Waals surface area contributed by atoms with Crippen molar-refractivity contribution in [1.29, 1.82) is 5.26 Å². The van der Waals surface area contributed by atoms with Gasteiger partial charge in [0.25, 0.3) is 0 Å². The first-order chi connectivity index (χ1) is 14.1. The number of hydrogen-bond donors (Lipinski definition) is 1. The van der Waals surface area contributed by atoms with E-state index in [0.29, 0.717) is 13.1 Å². The van der Waals surface area contributed by atoms with E-state index in [2.05, 4.69) is 5.32 Å². The molecule has 0 aliphatic carbocycles. The van der Waals surface area contributed by atoms with E-state index in [0.717, 1.165) is 22.8 Å². The second kappa shape index (κ2) is 12.6. The van der Waals surface area contributed by atoms with E-state index in [1.165, 1.54) is 12.1 Å². The summed E-state index contributed by atoms with van der Waals surface area (Å²) < 4.78 is 12.9. The Hall–Kier alpha value is -2.85. The highest BCUT2D eigenvalue weighted by Gasteiger charge is 2.16. The SMILES string of the molecule is N#CCCN(C(=O)CCC(=O)NCCCSc1ccc(F)cc1)c1ccccc1. The second-order valence-corrected chi connectivity index (χ2v) is 7.46. The first kappa shape index (κ1) is 22.4. The lowest BCUT2D eigenvalue weighted by Crippen LogP contribution is -2.33. The summed E-state index contributed by atoms with van der Waals surface area (Å²) in [4.78, 5) is 27.1. The Balaban J connectivity index is 1.68. The molecule has 0 spiro atoms. The van der Waals surface area contributed by atoms with Crippen LogP contribution in [0.25, 0.3) is 0 Å². The molecule has 7 heteroatoms. The predicted octanol–water partition coefficient (Wildman–Crippen LogP) is 4.15. The molecule has 0 aliphatic rings. The fourth-order valence-corrected chi connectivity index (χ4v) is 3.49. The molecule has 0 unspecified atom stereocenters. The van der Waals surface area contributed by atoms with E-state index < -0.39 is 0 Å². The number of thioether (sulfide) groups is 1. The first-order valence-corrected chi connectivity index (χ1v) is 10.5. The number of benzene rings is 2. The maximum Gasteiger partial charge on any atom is 0.227 e. The van der Waals surface area contributed by atoms with E-state index in [1.807, 2.05) is 36.4 Å². The lowest BCUT2D eigenvalue weighted by atomic mass is 10.2. The Morgan fingerprint density at radius 2 is 1.79 bits per heavy atom. The van der Waals surface area contributed by atoms with Crippen molar-refractivity contribution in [3.63, 3.8) is 0 Å². The smallest absolute Gasteiger partial charge is 0.227 e. The normalized spacial score (nSPS) is 10.2. The number of amides is 2. The zero-order chi connectivity index (χ0) is 20.9. The van der Waals surface area contributed by atoms with Crippen molar-refractivity contribution in [2.24, 2.45) is 0 Å². The van der Waals surface area contributed by atoms with Crippen LogP contribution in [0.5, 0.6) is 0 Å². The van der Waals surface area contributed by atoms with E-state index in [9.17, 15) is 14.0 Å². The molecular weight excluding hydrogens is 389 g/mol. The number of anilines is 1. The van der Waals surface area contributed by atoms with E-state index in [4.69, 9.17) is 5.26 Å². The van der Waals surface area contributed by atoms with Gasteiger partial charge >= 0.3 is 0 Å². The minimum Gasteiger partial charge on any atom is -0.356 e. The van der Waals surface area contributed by atoms with Gasteiger partial charge in [0.05, 0.1) is 12.5 Å². The van der Waals surface area contributed by atoms with Crippen molar-refractivity contribution in [3.8, 4) is 6.07 Å². The van der Waals surface area contributed by atoms with Gasteiger partial charge in [-0.15, -0.1) is 11.8 Å². The number of rotatable bonds is 11. The van der Waals surface area contributed by atoms with Gasteiger partial charge in [-0.05, 0) is 48.6 Å². The summed E-state index contributed by atoms with van der Waals surface area (Å²) in [6.07, 6.45) is 1.22. The second-order valence-electron chi connectivity index (χ2n) is 6.29. The van der Waals surface area contributed by atoms with Crippen LogP contribution in [0.15, 0.2) is 59.5 Å². The van der Waals surface area contributed by atoms with Crippen molar-refractivity contribution < 1.29 is 14.0 Å². The monoisotopic (exact) mass is 413 g/mol. The van der Waals surface area contributed by atoms with Crippen LogP contribution < -0.4 is 10.2 Å². The summed E-state index contributed by atoms with van der Waals surface area (Å²) >= 11 is 1.60. The molecule has 2 aromatic rings. The summed E-state index contributed by atoms with van der Waals surface area (Å²) in [5, 5.41) is 11.6. The molecule has 0 bridgehead atoms. The summed E-state index contributed by atoms with van der Waals surface area (Å²) in [7, 11) is 0. The average molecular weight is 414 g/mol. The summed E-state index contributed by atoms with van der Waals surface area (Å²) in [5.74, 6) is 0.211. The molecule has 0 saturated heterocycles. The van der Waals surface area contributed by atoms with Gasteiger partial charge in [0, 0.05) is 36.5 Å². The average Bonchev–Trinajstić information content (AvgIpc) is 2.74. The van der Waals surface area contributed by atoms with Crippen LogP contribution in [0.4, 0.5) is 10.1 Å². The fraction of sp³-hybridized carbons (Fsp3) is 0.318. The quantitative estimate of drug-likeness (QED) is 0.444. The largest absolute Gasteiger partial charge is 0.356 e. The maximum absolute atomic E-state index is 12.9. The van der Waals surface area contributed by atoms with Gasteiger partial charge in [-0.1, -0.05) is 18.2 Å². The topological polar surface area (TPSA) is 73.2 Å². The Bertz CT molecular complexity index is 822. The van der Waals surface area contributed by atoms with Crippen molar-refractivity contribution in [2.45, 2.75) is 30.6 Å². The molecule has 2 aromatic carbocycles. The van der Waals surface area contributed by atoms with Crippen molar-refractivity contribution in [1.82, 2.24) is 5.32 Å². The summed E-state index contributed by atoms with van der Waals surface area (Å²) in [5.41, 5.74) is 0.728. The number of nitriles is 1. The van der Waals surface area contributed by atoms with Gasteiger partial charge in [0.1, 0.15) is 5.82 Å². The molecule has 0 atom stereocenters. The third kappa shape index (κ3) is 8.36. The van der Waals surface area contributed by atoms with Gasteiger partial charge in [-0.3, -0.25) is 9.59 Å². The Morgan fingerprint density at radius 3 is 2.48 bits per heavy atom. The van der Waals surface area contributed by atoms with Gasteiger partial charge in [0.15, 0.2) is 0 Å². The molecule has 29 heavy (non-hydrogen) atoms. The minimum atomic E-state index is -0.255. The Kier molecular flexibility index (Phi) is 9.73. The first-order valence-electron chi connectivity index (χ1n) is 9.47. The van der Waals surface area contributed by atoms with Gasteiger partial charge in [-0.25, -0.2) is 4.39 Å². The third-order valence-corrected chi connectivity index (χ3v) is 5.21. The molecule has 5 nitrogen and oxygen atoms in total. The fourth-order valence-electron chi connectivity index (χ4n) is 2.63. The van der Waals surface area contributed by atoms with Gasteiger partial charge < -0.3 is 10.2 Å². The van der Waals surface area contributed by atoms with Crippen molar-refractivity contribution in [3.05, 3.63) is 60.4 Å². The number of carbonyl (C=O) groups is 2. The lowest BCUT2D eigenvalue weighted by Gasteiger charge is -2.21. The van der Waals surface area contributed by atoms with Crippen molar-refractivity contribution in [2.75, 3.05) is 23.7 Å².